The van der Waals surface area contributed by atoms with Crippen molar-refractivity contribution < 1.29 is 14.2 Å². The summed E-state index contributed by atoms with van der Waals surface area (Å²) in [6.45, 7) is 10.5. The highest BCUT2D eigenvalue weighted by molar-refractivity contribution is 6.31. The van der Waals surface area contributed by atoms with Crippen LogP contribution in [0.2, 0.25) is 5.02 Å². The SMILES string of the molecule is CCCCOCCCNCc1cc(OCC)c(OCC)cc1Cl. The molecule has 0 amide bonds. The highest BCUT2D eigenvalue weighted by Crippen LogP contribution is 2.33. The summed E-state index contributed by atoms with van der Waals surface area (Å²) in [5, 5.41) is 4.09. The van der Waals surface area contributed by atoms with Crippen LogP contribution in [0.4, 0.5) is 0 Å². The molecule has 0 saturated carbocycles. The lowest BCUT2D eigenvalue weighted by Gasteiger charge is -2.14. The van der Waals surface area contributed by atoms with E-state index in [9.17, 15) is 0 Å². The number of ether oxygens (including phenoxy) is 3. The number of hydrogen-bond donors (Lipinski definition) is 1. The van der Waals surface area contributed by atoms with Crippen LogP contribution < -0.4 is 14.8 Å². The van der Waals surface area contributed by atoms with Gasteiger partial charge in [-0.05, 0) is 44.9 Å². The molecule has 4 nitrogen and oxygen atoms in total. The Balaban J connectivity index is 2.42. The molecule has 0 bridgehead atoms. The normalized spacial score (nSPS) is 10.8. The van der Waals surface area contributed by atoms with Gasteiger partial charge in [0.25, 0.3) is 0 Å². The number of hydrogen-bond acceptors (Lipinski definition) is 4. The van der Waals surface area contributed by atoms with Gasteiger partial charge in [-0.15, -0.1) is 0 Å². The van der Waals surface area contributed by atoms with Crippen molar-refractivity contribution in [1.82, 2.24) is 5.32 Å². The second kappa shape index (κ2) is 12.5. The summed E-state index contributed by atoms with van der Waals surface area (Å²) >= 11 is 6.33. The zero-order chi connectivity index (χ0) is 16.9. The minimum atomic E-state index is 0.589. The van der Waals surface area contributed by atoms with Crippen molar-refractivity contribution in [3.8, 4) is 11.5 Å². The lowest BCUT2D eigenvalue weighted by molar-refractivity contribution is 0.129. The van der Waals surface area contributed by atoms with Crippen molar-refractivity contribution in [2.75, 3.05) is 33.0 Å². The summed E-state index contributed by atoms with van der Waals surface area (Å²) in [6, 6.07) is 3.79. The molecule has 0 aromatic heterocycles. The predicted octanol–water partition coefficient (Wildman–Crippen LogP) is 4.43. The lowest BCUT2D eigenvalue weighted by atomic mass is 10.2. The van der Waals surface area contributed by atoms with E-state index >= 15 is 0 Å². The van der Waals surface area contributed by atoms with Gasteiger partial charge in [0, 0.05) is 30.8 Å². The first-order valence-corrected chi connectivity index (χ1v) is 8.97. The van der Waals surface area contributed by atoms with Gasteiger partial charge in [-0.3, -0.25) is 0 Å². The van der Waals surface area contributed by atoms with Crippen molar-refractivity contribution in [3.05, 3.63) is 22.7 Å². The Kier molecular flexibility index (Phi) is 10.9. The van der Waals surface area contributed by atoms with E-state index in [1.165, 1.54) is 6.42 Å². The molecule has 1 N–H and O–H groups in total. The molecule has 5 heteroatoms. The molecule has 23 heavy (non-hydrogen) atoms. The van der Waals surface area contributed by atoms with Gasteiger partial charge >= 0.3 is 0 Å². The molecule has 1 rings (SSSR count). The van der Waals surface area contributed by atoms with Gasteiger partial charge in [-0.25, -0.2) is 0 Å². The summed E-state index contributed by atoms with van der Waals surface area (Å²) in [7, 11) is 0. The minimum Gasteiger partial charge on any atom is -0.490 e. The Hall–Kier alpha value is -0.970. The summed E-state index contributed by atoms with van der Waals surface area (Å²) in [5.41, 5.74) is 1.02. The molecule has 0 fully saturated rings. The molecule has 0 radical (unpaired) electrons. The van der Waals surface area contributed by atoms with Crippen molar-refractivity contribution in [1.29, 1.82) is 0 Å². The summed E-state index contributed by atoms with van der Waals surface area (Å²) in [6.07, 6.45) is 3.31. The van der Waals surface area contributed by atoms with Gasteiger partial charge in [-0.1, -0.05) is 24.9 Å². The smallest absolute Gasteiger partial charge is 0.162 e. The van der Waals surface area contributed by atoms with Crippen LogP contribution in [0.5, 0.6) is 11.5 Å². The molecule has 0 saturated heterocycles. The van der Waals surface area contributed by atoms with E-state index in [1.54, 1.807) is 0 Å². The fourth-order valence-corrected chi connectivity index (χ4v) is 2.34. The van der Waals surface area contributed by atoms with Crippen LogP contribution in [0.15, 0.2) is 12.1 Å². The number of unbranched alkanes of at least 4 members (excludes halogenated alkanes) is 1. The van der Waals surface area contributed by atoms with Gasteiger partial charge in [0.1, 0.15) is 0 Å². The second-order valence-corrected chi connectivity index (χ2v) is 5.66. The van der Waals surface area contributed by atoms with E-state index in [-0.39, 0.29) is 0 Å². The van der Waals surface area contributed by atoms with Gasteiger partial charge in [0.15, 0.2) is 11.5 Å². The number of benzene rings is 1. The number of halogens is 1. The molecule has 1 aromatic carbocycles. The molecule has 0 unspecified atom stereocenters. The molecule has 132 valence electrons. The van der Waals surface area contributed by atoms with Crippen LogP contribution in [0.25, 0.3) is 0 Å². The van der Waals surface area contributed by atoms with Gasteiger partial charge in [0.05, 0.1) is 13.2 Å². The Morgan fingerprint density at radius 2 is 1.61 bits per heavy atom. The fourth-order valence-electron chi connectivity index (χ4n) is 2.12. The third-order valence-electron chi connectivity index (χ3n) is 3.31. The second-order valence-electron chi connectivity index (χ2n) is 5.25. The van der Waals surface area contributed by atoms with Gasteiger partial charge < -0.3 is 19.5 Å². The van der Waals surface area contributed by atoms with E-state index in [2.05, 4.69) is 12.2 Å². The van der Waals surface area contributed by atoms with Crippen LogP contribution in [0.1, 0.15) is 45.6 Å². The highest BCUT2D eigenvalue weighted by Gasteiger charge is 2.10. The fraction of sp³-hybridized carbons (Fsp3) is 0.667. The number of rotatable bonds is 13. The number of nitrogens with one attached hydrogen (secondary N) is 1. The van der Waals surface area contributed by atoms with Crippen LogP contribution >= 0.6 is 11.6 Å². The lowest BCUT2D eigenvalue weighted by Crippen LogP contribution is -2.17. The van der Waals surface area contributed by atoms with E-state index in [4.69, 9.17) is 25.8 Å². The van der Waals surface area contributed by atoms with Crippen molar-refractivity contribution in [2.24, 2.45) is 0 Å². The van der Waals surface area contributed by atoms with Crippen LogP contribution in [-0.2, 0) is 11.3 Å². The van der Waals surface area contributed by atoms with Gasteiger partial charge in [0.2, 0.25) is 0 Å². The Morgan fingerprint density at radius 1 is 0.957 bits per heavy atom. The van der Waals surface area contributed by atoms with E-state index in [0.717, 1.165) is 43.9 Å². The first-order valence-electron chi connectivity index (χ1n) is 8.59. The first kappa shape index (κ1) is 20.1. The van der Waals surface area contributed by atoms with Crippen LogP contribution in [0.3, 0.4) is 0 Å². The predicted molar refractivity (Wildman–Crippen MR) is 95.8 cm³/mol. The maximum Gasteiger partial charge on any atom is 0.162 e. The standard InChI is InChI=1S/C18H30ClNO3/c1-4-7-10-21-11-8-9-20-14-15-12-17(22-5-2)18(23-6-3)13-16(15)19/h12-13,20H,4-11,14H2,1-3H3. The quantitative estimate of drug-likeness (QED) is 0.538. The zero-order valence-corrected chi connectivity index (χ0v) is 15.4. The molecule has 0 aliphatic rings. The van der Waals surface area contributed by atoms with Crippen molar-refractivity contribution in [3.63, 3.8) is 0 Å². The van der Waals surface area contributed by atoms with Crippen molar-refractivity contribution in [2.45, 2.75) is 46.6 Å². The maximum absolute atomic E-state index is 6.33. The minimum absolute atomic E-state index is 0.589. The monoisotopic (exact) mass is 343 g/mol. The maximum atomic E-state index is 6.33. The molecule has 0 aliphatic heterocycles. The third kappa shape index (κ3) is 7.91. The zero-order valence-electron chi connectivity index (χ0n) is 14.6. The van der Waals surface area contributed by atoms with Gasteiger partial charge in [-0.2, -0.15) is 0 Å². The summed E-state index contributed by atoms with van der Waals surface area (Å²) in [5.74, 6) is 1.45. The molecular formula is C18H30ClNO3. The first-order chi connectivity index (χ1) is 11.2. The third-order valence-corrected chi connectivity index (χ3v) is 3.66. The molecule has 1 aromatic rings. The summed E-state index contributed by atoms with van der Waals surface area (Å²) in [4.78, 5) is 0. The average molecular weight is 344 g/mol. The Bertz CT molecular complexity index is 441. The highest BCUT2D eigenvalue weighted by atomic mass is 35.5. The van der Waals surface area contributed by atoms with Crippen molar-refractivity contribution >= 4 is 11.6 Å². The van der Waals surface area contributed by atoms with E-state index < -0.39 is 0 Å². The van der Waals surface area contributed by atoms with E-state index in [0.29, 0.717) is 30.5 Å². The van der Waals surface area contributed by atoms with E-state index in [1.807, 2.05) is 26.0 Å². The topological polar surface area (TPSA) is 39.7 Å². The molecular weight excluding hydrogens is 314 g/mol. The molecule has 0 spiro atoms. The molecule has 0 atom stereocenters. The van der Waals surface area contributed by atoms with Crippen LogP contribution in [-0.4, -0.2) is 33.0 Å². The van der Waals surface area contributed by atoms with Crippen LogP contribution in [0, 0.1) is 0 Å². The molecule has 0 heterocycles. The average Bonchev–Trinajstić information content (AvgIpc) is 2.54. The Morgan fingerprint density at radius 3 is 2.26 bits per heavy atom. The summed E-state index contributed by atoms with van der Waals surface area (Å²) < 4.78 is 16.7. The molecule has 0 aliphatic carbocycles. The largest absolute Gasteiger partial charge is 0.490 e. The Labute approximate surface area is 145 Å².